The average Bonchev–Trinajstić information content (AvgIpc) is 2.76. The van der Waals surface area contributed by atoms with Gasteiger partial charge in [-0.3, -0.25) is 4.98 Å². The van der Waals surface area contributed by atoms with Crippen molar-refractivity contribution in [2.24, 2.45) is 0 Å². The molecule has 0 bridgehead atoms. The summed E-state index contributed by atoms with van der Waals surface area (Å²) in [6.45, 7) is 0. The molecule has 0 aliphatic heterocycles. The van der Waals surface area contributed by atoms with Gasteiger partial charge in [0.25, 0.3) is 6.43 Å². The maximum atomic E-state index is 12.6. The molecule has 2 heterocycles. The summed E-state index contributed by atoms with van der Waals surface area (Å²) in [5.41, 5.74) is 1.32. The Labute approximate surface area is 89.9 Å². The molecule has 0 fully saturated rings. The number of hydrogen-bond acceptors (Lipinski definition) is 1. The lowest BCUT2D eigenvalue weighted by atomic mass is 10.1. The zero-order chi connectivity index (χ0) is 11.1. The Morgan fingerprint density at radius 3 is 2.56 bits per heavy atom. The number of rotatable bonds is 1. The summed E-state index contributed by atoms with van der Waals surface area (Å²) in [4.78, 5) is 6.91. The quantitative estimate of drug-likeness (QED) is 0.663. The van der Waals surface area contributed by atoms with Gasteiger partial charge in [0, 0.05) is 17.0 Å². The van der Waals surface area contributed by atoms with E-state index in [1.807, 2.05) is 18.2 Å². The van der Waals surface area contributed by atoms with Crippen LogP contribution in [-0.2, 0) is 0 Å². The van der Waals surface area contributed by atoms with Crippen molar-refractivity contribution >= 4 is 21.8 Å². The standard InChI is InChI=1S/C12H8F2N2/c13-12(14)9-4-3-7-1-2-8-5-6-15-10(8)11(7)16-9/h1-6,12,16H. The zero-order valence-corrected chi connectivity index (χ0v) is 8.24. The summed E-state index contributed by atoms with van der Waals surface area (Å²) in [7, 11) is 0. The Kier molecular flexibility index (Phi) is 1.89. The number of halogens is 2. The van der Waals surface area contributed by atoms with Crippen LogP contribution >= 0.6 is 0 Å². The van der Waals surface area contributed by atoms with Crippen LogP contribution < -0.4 is 0 Å². The molecule has 0 spiro atoms. The lowest BCUT2D eigenvalue weighted by Crippen LogP contribution is -1.90. The molecule has 2 nitrogen and oxygen atoms in total. The van der Waals surface area contributed by atoms with Gasteiger partial charge >= 0.3 is 0 Å². The molecule has 0 amide bonds. The van der Waals surface area contributed by atoms with Crippen LogP contribution in [0.15, 0.2) is 36.5 Å². The summed E-state index contributed by atoms with van der Waals surface area (Å²) in [5.74, 6) is 0. The fourth-order valence-corrected chi connectivity index (χ4v) is 1.85. The van der Waals surface area contributed by atoms with E-state index in [0.717, 1.165) is 16.3 Å². The molecule has 80 valence electrons. The van der Waals surface area contributed by atoms with E-state index in [1.54, 1.807) is 12.3 Å². The molecule has 0 unspecified atom stereocenters. The van der Waals surface area contributed by atoms with Crippen molar-refractivity contribution in [1.82, 2.24) is 9.97 Å². The smallest absolute Gasteiger partial charge is 0.278 e. The third-order valence-electron chi connectivity index (χ3n) is 2.65. The number of H-pyrrole nitrogens is 1. The first kappa shape index (κ1) is 9.27. The van der Waals surface area contributed by atoms with Gasteiger partial charge in [-0.2, -0.15) is 0 Å². The van der Waals surface area contributed by atoms with Gasteiger partial charge in [-0.1, -0.05) is 18.2 Å². The number of nitrogens with zero attached hydrogens (tertiary/aromatic N) is 1. The maximum Gasteiger partial charge on any atom is 0.278 e. The van der Waals surface area contributed by atoms with Gasteiger partial charge in [0.2, 0.25) is 0 Å². The van der Waals surface area contributed by atoms with Crippen molar-refractivity contribution in [3.05, 3.63) is 42.2 Å². The molecule has 0 atom stereocenters. The third kappa shape index (κ3) is 1.26. The highest BCUT2D eigenvalue weighted by Gasteiger charge is 2.09. The second-order valence-electron chi connectivity index (χ2n) is 3.63. The highest BCUT2D eigenvalue weighted by molar-refractivity contribution is 6.02. The first-order valence-corrected chi connectivity index (χ1v) is 4.90. The SMILES string of the molecule is FC(F)c1ccc2ccc3ccnc3c2[nH]1. The van der Waals surface area contributed by atoms with Gasteiger partial charge in [0.1, 0.15) is 0 Å². The second kappa shape index (κ2) is 3.27. The van der Waals surface area contributed by atoms with Crippen molar-refractivity contribution in [2.45, 2.75) is 6.43 Å². The van der Waals surface area contributed by atoms with Gasteiger partial charge in [-0.15, -0.1) is 0 Å². The van der Waals surface area contributed by atoms with Crippen LogP contribution in [0.5, 0.6) is 0 Å². The van der Waals surface area contributed by atoms with Crippen LogP contribution in [0.25, 0.3) is 21.8 Å². The summed E-state index contributed by atoms with van der Waals surface area (Å²) < 4.78 is 25.1. The number of aromatic nitrogens is 2. The van der Waals surface area contributed by atoms with E-state index in [0.29, 0.717) is 5.52 Å². The Bertz CT molecular complexity index is 658. The number of hydrogen-bond donors (Lipinski definition) is 1. The van der Waals surface area contributed by atoms with Crippen LogP contribution in [0.1, 0.15) is 12.1 Å². The molecule has 4 heteroatoms. The predicted octanol–water partition coefficient (Wildman–Crippen LogP) is 3.65. The van der Waals surface area contributed by atoms with E-state index in [2.05, 4.69) is 9.97 Å². The lowest BCUT2D eigenvalue weighted by molar-refractivity contribution is 0.146. The summed E-state index contributed by atoms with van der Waals surface area (Å²) in [5, 5.41) is 1.84. The maximum absolute atomic E-state index is 12.6. The van der Waals surface area contributed by atoms with Crippen molar-refractivity contribution in [2.75, 3.05) is 0 Å². The molecule has 0 aliphatic carbocycles. The van der Waals surface area contributed by atoms with Gasteiger partial charge in [-0.25, -0.2) is 8.78 Å². The molecule has 1 aromatic carbocycles. The summed E-state index contributed by atoms with van der Waals surface area (Å²) in [6, 6.07) is 8.77. The fourth-order valence-electron chi connectivity index (χ4n) is 1.85. The number of nitrogens with one attached hydrogen (secondary N) is 1. The number of benzene rings is 1. The Hall–Kier alpha value is -1.97. The normalized spacial score (nSPS) is 11.7. The van der Waals surface area contributed by atoms with Crippen molar-refractivity contribution in [3.8, 4) is 0 Å². The molecule has 0 saturated heterocycles. The van der Waals surface area contributed by atoms with Crippen molar-refractivity contribution in [1.29, 1.82) is 0 Å². The molecule has 0 saturated carbocycles. The van der Waals surface area contributed by atoms with E-state index >= 15 is 0 Å². The van der Waals surface area contributed by atoms with E-state index in [4.69, 9.17) is 0 Å². The lowest BCUT2D eigenvalue weighted by Gasteiger charge is -2.04. The average molecular weight is 218 g/mol. The third-order valence-corrected chi connectivity index (χ3v) is 2.65. The van der Waals surface area contributed by atoms with Crippen LogP contribution in [0.2, 0.25) is 0 Å². The van der Waals surface area contributed by atoms with Gasteiger partial charge in [-0.05, 0) is 12.1 Å². The van der Waals surface area contributed by atoms with E-state index in [9.17, 15) is 8.78 Å². The van der Waals surface area contributed by atoms with E-state index < -0.39 is 6.43 Å². The van der Waals surface area contributed by atoms with Gasteiger partial charge in [0.15, 0.2) is 0 Å². The number of aromatic amines is 1. The van der Waals surface area contributed by atoms with Crippen molar-refractivity contribution < 1.29 is 8.78 Å². The van der Waals surface area contributed by atoms with Crippen LogP contribution in [-0.4, -0.2) is 9.97 Å². The molecular formula is C12H8F2N2. The minimum Gasteiger partial charge on any atom is -0.352 e. The van der Waals surface area contributed by atoms with Gasteiger partial charge < -0.3 is 4.98 Å². The molecule has 1 N–H and O–H groups in total. The number of fused-ring (bicyclic) bond motifs is 3. The summed E-state index contributed by atoms with van der Waals surface area (Å²) in [6.07, 6.45) is -0.817. The second-order valence-corrected chi connectivity index (χ2v) is 3.63. The molecule has 16 heavy (non-hydrogen) atoms. The highest BCUT2D eigenvalue weighted by Crippen LogP contribution is 2.25. The molecule has 0 aliphatic rings. The van der Waals surface area contributed by atoms with Crippen LogP contribution in [0.4, 0.5) is 8.78 Å². The molecule has 3 rings (SSSR count). The predicted molar refractivity (Wildman–Crippen MR) is 58.6 cm³/mol. The van der Waals surface area contributed by atoms with Gasteiger partial charge in [0.05, 0.1) is 16.7 Å². The minimum absolute atomic E-state index is 0.0806. The largest absolute Gasteiger partial charge is 0.352 e. The molecular weight excluding hydrogens is 210 g/mol. The monoisotopic (exact) mass is 218 g/mol. The zero-order valence-electron chi connectivity index (χ0n) is 8.24. The van der Waals surface area contributed by atoms with Crippen LogP contribution in [0, 0.1) is 0 Å². The topological polar surface area (TPSA) is 28.7 Å². The summed E-state index contributed by atoms with van der Waals surface area (Å²) >= 11 is 0. The molecule has 3 aromatic rings. The molecule has 2 aromatic heterocycles. The minimum atomic E-state index is -2.49. The molecule has 0 radical (unpaired) electrons. The Morgan fingerprint density at radius 1 is 1.00 bits per heavy atom. The van der Waals surface area contributed by atoms with Crippen LogP contribution in [0.3, 0.4) is 0 Å². The Morgan fingerprint density at radius 2 is 1.75 bits per heavy atom. The first-order chi connectivity index (χ1) is 7.75. The van der Waals surface area contributed by atoms with E-state index in [1.165, 1.54) is 6.07 Å². The van der Waals surface area contributed by atoms with Crippen molar-refractivity contribution in [3.63, 3.8) is 0 Å². The fraction of sp³-hybridized carbons (Fsp3) is 0.0833. The van der Waals surface area contributed by atoms with E-state index in [-0.39, 0.29) is 5.69 Å². The first-order valence-electron chi connectivity index (χ1n) is 4.90. The number of alkyl halides is 2. The number of pyridine rings is 1. The highest BCUT2D eigenvalue weighted by atomic mass is 19.3. The Balaban J connectivity index is 2.41.